The number of piperazine rings is 1. The lowest BCUT2D eigenvalue weighted by Crippen LogP contribution is -2.48. The Balaban J connectivity index is 2.11. The van der Waals surface area contributed by atoms with Gasteiger partial charge in [0, 0.05) is 32.2 Å². The van der Waals surface area contributed by atoms with Gasteiger partial charge < -0.3 is 10.6 Å². The predicted octanol–water partition coefficient (Wildman–Crippen LogP) is 1.34. The Morgan fingerprint density at radius 3 is 2.57 bits per heavy atom. The van der Waals surface area contributed by atoms with Gasteiger partial charge in [-0.2, -0.15) is 0 Å². The Bertz CT molecular complexity index is 539. The summed E-state index contributed by atoms with van der Waals surface area (Å²) >= 11 is 0. The molecule has 1 aromatic rings. The highest BCUT2D eigenvalue weighted by Crippen LogP contribution is 2.26. The van der Waals surface area contributed by atoms with Crippen molar-refractivity contribution in [3.8, 4) is 0 Å². The van der Waals surface area contributed by atoms with E-state index in [0.717, 1.165) is 26.1 Å². The smallest absolute Gasteiger partial charge is 0.292 e. The summed E-state index contributed by atoms with van der Waals surface area (Å²) in [5, 5.41) is 10.9. The van der Waals surface area contributed by atoms with Crippen molar-refractivity contribution in [1.82, 2.24) is 9.80 Å². The first-order valence-corrected chi connectivity index (χ1v) is 7.09. The van der Waals surface area contributed by atoms with Crippen molar-refractivity contribution >= 4 is 17.3 Å². The van der Waals surface area contributed by atoms with E-state index in [-0.39, 0.29) is 22.8 Å². The lowest BCUT2D eigenvalue weighted by molar-refractivity contribution is -0.383. The molecule has 1 fully saturated rings. The van der Waals surface area contributed by atoms with E-state index >= 15 is 0 Å². The summed E-state index contributed by atoms with van der Waals surface area (Å²) in [6.45, 7) is 6.06. The highest BCUT2D eigenvalue weighted by molar-refractivity contribution is 6.01. The van der Waals surface area contributed by atoms with Crippen LogP contribution in [0, 0.1) is 10.1 Å². The zero-order chi connectivity index (χ0) is 15.4. The van der Waals surface area contributed by atoms with Crippen LogP contribution in [0.3, 0.4) is 0 Å². The van der Waals surface area contributed by atoms with Gasteiger partial charge in [0.15, 0.2) is 0 Å². The molecule has 1 aliphatic heterocycles. The lowest BCUT2D eigenvalue weighted by Gasteiger charge is -2.34. The van der Waals surface area contributed by atoms with Crippen LogP contribution < -0.4 is 5.73 Å². The van der Waals surface area contributed by atoms with Gasteiger partial charge in [-0.3, -0.25) is 19.8 Å². The number of amides is 1. The van der Waals surface area contributed by atoms with Crippen LogP contribution in [0.5, 0.6) is 0 Å². The number of nitrogens with two attached hydrogens (primary N) is 1. The minimum absolute atomic E-state index is 0.0523. The quantitative estimate of drug-likeness (QED) is 0.513. The van der Waals surface area contributed by atoms with Gasteiger partial charge in [-0.1, -0.05) is 13.0 Å². The van der Waals surface area contributed by atoms with Gasteiger partial charge in [-0.15, -0.1) is 0 Å². The molecule has 1 heterocycles. The molecule has 2 rings (SSSR count). The van der Waals surface area contributed by atoms with E-state index in [1.165, 1.54) is 12.1 Å². The molecule has 2 N–H and O–H groups in total. The molecule has 0 atom stereocenters. The van der Waals surface area contributed by atoms with E-state index in [2.05, 4.69) is 11.8 Å². The zero-order valence-electron chi connectivity index (χ0n) is 12.1. The van der Waals surface area contributed by atoms with E-state index in [1.807, 2.05) is 0 Å². The Labute approximate surface area is 123 Å². The summed E-state index contributed by atoms with van der Waals surface area (Å²) in [5.41, 5.74) is 5.71. The van der Waals surface area contributed by atoms with Gasteiger partial charge >= 0.3 is 0 Å². The van der Waals surface area contributed by atoms with Crippen molar-refractivity contribution in [3.63, 3.8) is 0 Å². The summed E-state index contributed by atoms with van der Waals surface area (Å²) in [6, 6.07) is 4.35. The molecular weight excluding hydrogens is 272 g/mol. The van der Waals surface area contributed by atoms with Crippen LogP contribution in [0.2, 0.25) is 0 Å². The van der Waals surface area contributed by atoms with Crippen LogP contribution in [0.4, 0.5) is 11.4 Å². The highest BCUT2D eigenvalue weighted by atomic mass is 16.6. The molecule has 1 aliphatic rings. The number of benzene rings is 1. The first-order valence-electron chi connectivity index (χ1n) is 7.09. The van der Waals surface area contributed by atoms with Crippen LogP contribution in [-0.2, 0) is 0 Å². The van der Waals surface area contributed by atoms with Crippen molar-refractivity contribution in [2.24, 2.45) is 0 Å². The third-order valence-electron chi connectivity index (χ3n) is 3.71. The summed E-state index contributed by atoms with van der Waals surface area (Å²) in [5.74, 6) is -0.229. The lowest BCUT2D eigenvalue weighted by atomic mass is 10.1. The summed E-state index contributed by atoms with van der Waals surface area (Å²) in [4.78, 5) is 26.8. The highest BCUT2D eigenvalue weighted by Gasteiger charge is 2.25. The molecule has 0 radical (unpaired) electrons. The normalized spacial score (nSPS) is 16.0. The minimum atomic E-state index is -0.564. The van der Waals surface area contributed by atoms with E-state index in [4.69, 9.17) is 5.73 Å². The molecule has 1 aromatic carbocycles. The van der Waals surface area contributed by atoms with Crippen molar-refractivity contribution in [1.29, 1.82) is 0 Å². The van der Waals surface area contributed by atoms with Gasteiger partial charge in [0.2, 0.25) is 0 Å². The number of rotatable bonds is 4. The third kappa shape index (κ3) is 3.30. The number of hydrogen-bond donors (Lipinski definition) is 1. The largest absolute Gasteiger partial charge is 0.393 e. The number of nitrogen functional groups attached to an aromatic ring is 1. The van der Waals surface area contributed by atoms with Gasteiger partial charge in [0.1, 0.15) is 5.69 Å². The number of hydrogen-bond acceptors (Lipinski definition) is 5. The molecule has 0 saturated carbocycles. The van der Waals surface area contributed by atoms with Crippen LogP contribution in [-0.4, -0.2) is 53.4 Å². The molecule has 0 aromatic heterocycles. The van der Waals surface area contributed by atoms with Crippen LogP contribution in [0.15, 0.2) is 18.2 Å². The zero-order valence-corrected chi connectivity index (χ0v) is 12.1. The Morgan fingerprint density at radius 1 is 1.33 bits per heavy atom. The van der Waals surface area contributed by atoms with Gasteiger partial charge in [0.05, 0.1) is 10.5 Å². The van der Waals surface area contributed by atoms with Crippen LogP contribution in [0.25, 0.3) is 0 Å². The van der Waals surface area contributed by atoms with E-state index in [1.54, 1.807) is 11.0 Å². The molecule has 0 unspecified atom stereocenters. The van der Waals surface area contributed by atoms with Crippen molar-refractivity contribution in [3.05, 3.63) is 33.9 Å². The van der Waals surface area contributed by atoms with Gasteiger partial charge in [-0.05, 0) is 19.0 Å². The maximum atomic E-state index is 12.5. The Hall–Kier alpha value is -2.15. The molecule has 7 heteroatoms. The van der Waals surface area contributed by atoms with Crippen molar-refractivity contribution in [2.45, 2.75) is 13.3 Å². The molecule has 1 amide bonds. The fourth-order valence-corrected chi connectivity index (χ4v) is 2.56. The molecule has 114 valence electrons. The summed E-state index contributed by atoms with van der Waals surface area (Å²) in [7, 11) is 0. The van der Waals surface area contributed by atoms with Crippen molar-refractivity contribution < 1.29 is 9.72 Å². The number of nitro benzene ring substituents is 1. The predicted molar refractivity (Wildman–Crippen MR) is 80.1 cm³/mol. The number of carbonyl (C=O) groups is 1. The molecule has 21 heavy (non-hydrogen) atoms. The monoisotopic (exact) mass is 292 g/mol. The first kappa shape index (κ1) is 15.2. The van der Waals surface area contributed by atoms with E-state index in [9.17, 15) is 14.9 Å². The average Bonchev–Trinajstić information content (AvgIpc) is 2.47. The fraction of sp³-hybridized carbons (Fsp3) is 0.500. The maximum Gasteiger partial charge on any atom is 0.292 e. The van der Waals surface area contributed by atoms with Crippen LogP contribution >= 0.6 is 0 Å². The molecule has 0 bridgehead atoms. The SMILES string of the molecule is CCCN1CCN(C(=O)c2cccc([N+](=O)[O-])c2N)CC1. The first-order chi connectivity index (χ1) is 10.0. The Kier molecular flexibility index (Phi) is 4.74. The fourth-order valence-electron chi connectivity index (χ4n) is 2.56. The number of nitrogens with zero attached hydrogens (tertiary/aromatic N) is 3. The minimum Gasteiger partial charge on any atom is -0.393 e. The number of anilines is 1. The molecule has 0 spiro atoms. The molecule has 7 nitrogen and oxygen atoms in total. The standard InChI is InChI=1S/C14H20N4O3/c1-2-6-16-7-9-17(10-8-16)14(19)11-4-3-5-12(13(11)15)18(20)21/h3-5H,2,6-10,15H2,1H3. The second-order valence-electron chi connectivity index (χ2n) is 5.13. The number of nitro groups is 1. The third-order valence-corrected chi connectivity index (χ3v) is 3.71. The number of carbonyl (C=O) groups excluding carboxylic acids is 1. The van der Waals surface area contributed by atoms with Crippen LogP contribution in [0.1, 0.15) is 23.7 Å². The van der Waals surface area contributed by atoms with E-state index in [0.29, 0.717) is 13.1 Å². The van der Waals surface area contributed by atoms with Crippen molar-refractivity contribution in [2.75, 3.05) is 38.5 Å². The molecular formula is C14H20N4O3. The van der Waals surface area contributed by atoms with E-state index < -0.39 is 4.92 Å². The molecule has 0 aliphatic carbocycles. The summed E-state index contributed by atoms with van der Waals surface area (Å²) < 4.78 is 0. The topological polar surface area (TPSA) is 92.7 Å². The summed E-state index contributed by atoms with van der Waals surface area (Å²) in [6.07, 6.45) is 1.09. The van der Waals surface area contributed by atoms with Gasteiger partial charge in [-0.25, -0.2) is 0 Å². The second-order valence-corrected chi connectivity index (χ2v) is 5.13. The second kappa shape index (κ2) is 6.53. The van der Waals surface area contributed by atoms with Gasteiger partial charge in [0.25, 0.3) is 11.6 Å². The number of para-hydroxylation sites is 1. The maximum absolute atomic E-state index is 12.5. The molecule has 1 saturated heterocycles. The Morgan fingerprint density at radius 2 is 2.00 bits per heavy atom. The average molecular weight is 292 g/mol.